The second-order valence-electron chi connectivity index (χ2n) is 18.1. The molecule has 5 heterocycles. The van der Waals surface area contributed by atoms with Crippen LogP contribution in [0.25, 0.3) is 0 Å². The van der Waals surface area contributed by atoms with Gasteiger partial charge in [0.05, 0.1) is 24.7 Å². The van der Waals surface area contributed by atoms with Gasteiger partial charge in [-0.15, -0.1) is 0 Å². The highest BCUT2D eigenvalue weighted by Gasteiger charge is 2.39. The Kier molecular flexibility index (Phi) is 15.3. The van der Waals surface area contributed by atoms with Crippen molar-refractivity contribution < 1.29 is 23.7 Å². The normalized spacial score (nSPS) is 18.4. The number of hydrogen-bond acceptors (Lipinski definition) is 12. The minimum atomic E-state index is -2.54. The van der Waals surface area contributed by atoms with Crippen LogP contribution >= 0.6 is 18.7 Å². The van der Waals surface area contributed by atoms with E-state index in [1.54, 1.807) is 31.5 Å². The third-order valence-electron chi connectivity index (χ3n) is 13.2. The van der Waals surface area contributed by atoms with Crippen molar-refractivity contribution in [1.29, 1.82) is 0 Å². The highest BCUT2D eigenvalue weighted by atomic mass is 35.5. The number of fused-ring (bicyclic) bond motifs is 1. The Bertz CT molecular complexity index is 2520. The second-order valence-corrected chi connectivity index (χ2v) is 21.7. The molecule has 14 nitrogen and oxygen atoms in total. The topological polar surface area (TPSA) is 152 Å². The Labute approximate surface area is 393 Å². The molecule has 4 aliphatic heterocycles. The van der Waals surface area contributed by atoms with Gasteiger partial charge in [0.15, 0.2) is 5.82 Å². The summed E-state index contributed by atoms with van der Waals surface area (Å²) in [5.41, 5.74) is 4.96. The molecule has 8 rings (SSSR count). The maximum absolute atomic E-state index is 13.0. The summed E-state index contributed by atoms with van der Waals surface area (Å²) in [5, 5.41) is 9.99. The number of ether oxygens (including phenoxy) is 1. The van der Waals surface area contributed by atoms with E-state index in [2.05, 4.69) is 64.6 Å². The number of imide groups is 1. The van der Waals surface area contributed by atoms with Crippen LogP contribution in [0.15, 0.2) is 66.9 Å². The first-order valence-corrected chi connectivity index (χ1v) is 26.3. The molecule has 0 aliphatic carbocycles. The number of piperidine rings is 2. The van der Waals surface area contributed by atoms with Crippen LogP contribution in [0.3, 0.4) is 0 Å². The molecule has 16 heteroatoms. The number of methoxy groups -OCH3 is 1. The van der Waals surface area contributed by atoms with Gasteiger partial charge in [-0.1, -0.05) is 54.8 Å². The monoisotopic (exact) mass is 933 g/mol. The Balaban J connectivity index is 0.709. The molecule has 0 bridgehead atoms. The Morgan fingerprint density at radius 3 is 2.42 bits per heavy atom. The molecule has 348 valence electrons. The van der Waals surface area contributed by atoms with Crippen molar-refractivity contribution in [3.63, 3.8) is 0 Å². The Hall–Kier alpha value is -5.45. The number of rotatable bonds is 16. The lowest BCUT2D eigenvalue weighted by atomic mass is 10.0. The molecule has 3 saturated heterocycles. The van der Waals surface area contributed by atoms with Crippen molar-refractivity contribution in [2.24, 2.45) is 0 Å². The second kappa shape index (κ2) is 21.5. The number of aromatic nitrogens is 2. The van der Waals surface area contributed by atoms with E-state index >= 15 is 0 Å². The molecule has 3 amide bonds. The smallest absolute Gasteiger partial charge is 0.255 e. The fourth-order valence-electron chi connectivity index (χ4n) is 9.53. The first-order chi connectivity index (χ1) is 31.9. The number of piperazine rings is 1. The molecule has 4 aromatic rings. The molecule has 1 aromatic heterocycles. The first kappa shape index (κ1) is 47.1. The van der Waals surface area contributed by atoms with Crippen molar-refractivity contribution in [2.45, 2.75) is 82.8 Å². The third-order valence-corrected chi connectivity index (χ3v) is 15.0. The summed E-state index contributed by atoms with van der Waals surface area (Å²) in [7, 11) is -0.871. The van der Waals surface area contributed by atoms with Gasteiger partial charge in [0.1, 0.15) is 24.0 Å². The van der Waals surface area contributed by atoms with E-state index in [1.165, 1.54) is 32.2 Å². The summed E-state index contributed by atoms with van der Waals surface area (Å²) in [6.45, 7) is 11.5. The average Bonchev–Trinajstić information content (AvgIpc) is 3.64. The highest BCUT2D eigenvalue weighted by molar-refractivity contribution is 7.70. The zero-order chi connectivity index (χ0) is 46.2. The van der Waals surface area contributed by atoms with Crippen LogP contribution in [0.4, 0.5) is 28.8 Å². The first-order valence-electron chi connectivity index (χ1n) is 23.3. The minimum Gasteiger partial charge on any atom is -0.494 e. The molecule has 0 radical (unpaired) electrons. The fraction of sp³-hybridized carbons (Fsp3) is 0.460. The van der Waals surface area contributed by atoms with Gasteiger partial charge in [0.2, 0.25) is 17.8 Å². The van der Waals surface area contributed by atoms with Crippen molar-refractivity contribution >= 4 is 70.6 Å². The van der Waals surface area contributed by atoms with E-state index in [0.717, 1.165) is 92.8 Å². The van der Waals surface area contributed by atoms with E-state index in [0.29, 0.717) is 52.8 Å². The molecule has 3 aromatic carbocycles. The van der Waals surface area contributed by atoms with Crippen molar-refractivity contribution in [1.82, 2.24) is 30.0 Å². The van der Waals surface area contributed by atoms with Crippen LogP contribution < -0.4 is 30.9 Å². The number of para-hydroxylation sites is 1. The van der Waals surface area contributed by atoms with Gasteiger partial charge in [0, 0.05) is 92.9 Å². The van der Waals surface area contributed by atoms with Gasteiger partial charge in [-0.2, -0.15) is 4.98 Å². The van der Waals surface area contributed by atoms with Crippen LogP contribution in [-0.4, -0.2) is 121 Å². The average molecular weight is 935 g/mol. The summed E-state index contributed by atoms with van der Waals surface area (Å²) in [6, 6.07) is 19.3. The standard InChI is InChI=1S/C50H61ClN9O5P/c1-65-44-32-38(17-19-41(44)54-50-52-33-40(51)47(56-50)53-42-14-10-11-15-45(42)66(2,3)64)58-25-22-37(23-26-58)59-29-27-57(28-30-59)24-12-8-6-4-5-7-9-13-35-16-18-39-36(31-35)34-60(49(39)63)43-20-21-46(61)55-48(43)62/h10-11,14-19,31-33,37,43H,4-8,12,20-30,34H2,1-3H3,(H,55,61,62)(H2,52,53,54,56). The Morgan fingerprint density at radius 2 is 1.65 bits per heavy atom. The molecule has 4 aliphatic rings. The molecule has 66 heavy (non-hydrogen) atoms. The summed E-state index contributed by atoms with van der Waals surface area (Å²) in [4.78, 5) is 55.3. The van der Waals surface area contributed by atoms with Crippen molar-refractivity contribution in [3.8, 4) is 17.6 Å². The predicted octanol–water partition coefficient (Wildman–Crippen LogP) is 7.61. The minimum absolute atomic E-state index is 0.157. The van der Waals surface area contributed by atoms with E-state index in [4.69, 9.17) is 16.3 Å². The number of hydrogen-bond donors (Lipinski definition) is 3. The lowest BCUT2D eigenvalue weighted by molar-refractivity contribution is -0.136. The highest BCUT2D eigenvalue weighted by Crippen LogP contribution is 2.39. The van der Waals surface area contributed by atoms with Crippen molar-refractivity contribution in [3.05, 3.63) is 88.6 Å². The third kappa shape index (κ3) is 11.6. The maximum Gasteiger partial charge on any atom is 0.255 e. The SMILES string of the molecule is COc1cc(N2CCC(N3CCN(CCCCCCCC#Cc4ccc5c(c4)CN(C4CCC(=O)NC4=O)C5=O)CC3)CC2)ccc1Nc1ncc(Cl)c(Nc2ccccc2P(C)(C)=O)n1. The summed E-state index contributed by atoms with van der Waals surface area (Å²) < 4.78 is 18.7. The fourth-order valence-corrected chi connectivity index (χ4v) is 10.8. The molecule has 3 N–H and O–H groups in total. The van der Waals surface area contributed by atoms with Crippen LogP contribution in [0.2, 0.25) is 5.02 Å². The lowest BCUT2D eigenvalue weighted by Crippen LogP contribution is -2.53. The quantitative estimate of drug-likeness (QED) is 0.0439. The zero-order valence-corrected chi connectivity index (χ0v) is 39.9. The number of halogens is 1. The molecular weight excluding hydrogens is 873 g/mol. The molecule has 0 saturated carbocycles. The van der Waals surface area contributed by atoms with Gasteiger partial charge in [-0.3, -0.25) is 24.6 Å². The van der Waals surface area contributed by atoms with Crippen LogP contribution in [0.5, 0.6) is 5.75 Å². The molecule has 0 spiro atoms. The van der Waals surface area contributed by atoms with Crippen LogP contribution in [-0.2, 0) is 20.7 Å². The number of anilines is 5. The van der Waals surface area contributed by atoms with Gasteiger partial charge in [0.25, 0.3) is 5.91 Å². The van der Waals surface area contributed by atoms with Crippen LogP contribution in [0, 0.1) is 11.8 Å². The largest absolute Gasteiger partial charge is 0.494 e. The number of nitrogens with zero attached hydrogens (tertiary/aromatic N) is 6. The molecule has 1 unspecified atom stereocenters. The molecular formula is C50H61ClN9O5P. The number of nitrogens with one attached hydrogen (secondary N) is 3. The summed E-state index contributed by atoms with van der Waals surface area (Å²) in [6.07, 6.45) is 11.2. The molecule has 1 atom stereocenters. The number of unbranched alkanes of at least 4 members (excludes halogenated alkanes) is 5. The van der Waals surface area contributed by atoms with Crippen LogP contribution in [0.1, 0.15) is 85.7 Å². The number of benzene rings is 3. The van der Waals surface area contributed by atoms with Gasteiger partial charge >= 0.3 is 0 Å². The van der Waals surface area contributed by atoms with Gasteiger partial charge < -0.3 is 34.6 Å². The molecule has 3 fully saturated rings. The maximum atomic E-state index is 13.0. The zero-order valence-electron chi connectivity index (χ0n) is 38.3. The Morgan fingerprint density at radius 1 is 0.879 bits per heavy atom. The van der Waals surface area contributed by atoms with E-state index in [-0.39, 0.29) is 18.2 Å². The summed E-state index contributed by atoms with van der Waals surface area (Å²) in [5.74, 6) is 7.22. The summed E-state index contributed by atoms with van der Waals surface area (Å²) >= 11 is 6.49. The van der Waals surface area contributed by atoms with E-state index in [1.807, 2.05) is 48.5 Å². The van der Waals surface area contributed by atoms with E-state index in [9.17, 15) is 18.9 Å². The van der Waals surface area contributed by atoms with E-state index < -0.39 is 19.1 Å². The lowest BCUT2D eigenvalue weighted by Gasteiger charge is -2.43. The van der Waals surface area contributed by atoms with Gasteiger partial charge in [-0.25, -0.2) is 4.98 Å². The van der Waals surface area contributed by atoms with Crippen molar-refractivity contribution in [2.75, 3.05) is 81.8 Å². The number of carbonyl (C=O) groups is 3. The number of amides is 3. The number of carbonyl (C=O) groups excluding carboxylic acids is 3. The predicted molar refractivity (Wildman–Crippen MR) is 262 cm³/mol. The van der Waals surface area contributed by atoms with Gasteiger partial charge in [-0.05, 0) is 100 Å².